The third-order valence-corrected chi connectivity index (χ3v) is 5.35. The van der Waals surface area contributed by atoms with Crippen molar-refractivity contribution in [1.29, 1.82) is 0 Å². The van der Waals surface area contributed by atoms with E-state index in [1.54, 1.807) is 0 Å². The molecule has 2 unspecified atom stereocenters. The van der Waals surface area contributed by atoms with Gasteiger partial charge in [-0.2, -0.15) is 9.98 Å². The SMILES string of the molecule is [B]C1(C)CC(C)Oc2ccc(C(C)(C)C)cc2N=C=Nc2cc(C(C)(C)C)ccc2O1. The van der Waals surface area contributed by atoms with E-state index in [1.165, 1.54) is 5.56 Å². The molecular formula is C26H33BN2O2. The van der Waals surface area contributed by atoms with E-state index >= 15 is 0 Å². The number of ether oxygens (including phenoxy) is 2. The van der Waals surface area contributed by atoms with Crippen LogP contribution in [0.5, 0.6) is 11.5 Å². The van der Waals surface area contributed by atoms with Gasteiger partial charge in [-0.25, -0.2) is 0 Å². The van der Waals surface area contributed by atoms with Gasteiger partial charge in [-0.05, 0) is 60.1 Å². The molecule has 2 radical (unpaired) electrons. The molecule has 31 heavy (non-hydrogen) atoms. The highest BCUT2D eigenvalue weighted by atomic mass is 16.5. The van der Waals surface area contributed by atoms with Crippen LogP contribution in [0.15, 0.2) is 46.4 Å². The predicted octanol–water partition coefficient (Wildman–Crippen LogP) is 6.85. The molecule has 2 aromatic rings. The molecule has 0 amide bonds. The van der Waals surface area contributed by atoms with E-state index in [2.05, 4.69) is 69.7 Å². The lowest BCUT2D eigenvalue weighted by molar-refractivity contribution is 0.103. The standard InChI is InChI=1S/C26H33BN2O2/c1-17-15-26(8,27)31-23-12-10-19(25(5,6)7)14-21(23)29-16-28-20-13-18(24(2,3)4)9-11-22(20)30-17/h9-14,17H,15H2,1-8H3. The summed E-state index contributed by atoms with van der Waals surface area (Å²) < 4.78 is 12.4. The Kier molecular flexibility index (Phi) is 6.13. The first kappa shape index (κ1) is 23.2. The molecule has 1 aliphatic heterocycles. The van der Waals surface area contributed by atoms with Gasteiger partial charge in [0.2, 0.25) is 0 Å². The normalized spacial score (nSPS) is 21.7. The zero-order valence-corrected chi connectivity index (χ0v) is 20.0. The van der Waals surface area contributed by atoms with Crippen molar-refractivity contribution in [3.05, 3.63) is 47.5 Å². The summed E-state index contributed by atoms with van der Waals surface area (Å²) in [4.78, 5) is 9.05. The maximum Gasteiger partial charge on any atom is 0.146 e. The lowest BCUT2D eigenvalue weighted by Gasteiger charge is -2.31. The van der Waals surface area contributed by atoms with E-state index in [0.717, 1.165) is 5.56 Å². The summed E-state index contributed by atoms with van der Waals surface area (Å²) in [5, 5.41) is 0. The van der Waals surface area contributed by atoms with E-state index in [4.69, 9.17) is 17.3 Å². The van der Waals surface area contributed by atoms with Crippen LogP contribution in [0.25, 0.3) is 0 Å². The van der Waals surface area contributed by atoms with Crippen molar-refractivity contribution in [2.24, 2.45) is 9.98 Å². The molecule has 0 spiro atoms. The highest BCUT2D eigenvalue weighted by molar-refractivity contribution is 6.14. The fourth-order valence-corrected chi connectivity index (χ4v) is 3.58. The lowest BCUT2D eigenvalue weighted by Crippen LogP contribution is -2.38. The minimum Gasteiger partial charge on any atom is -0.495 e. The third-order valence-electron chi connectivity index (χ3n) is 5.35. The van der Waals surface area contributed by atoms with Gasteiger partial charge in [0.15, 0.2) is 0 Å². The number of hydrogen-bond acceptors (Lipinski definition) is 4. The van der Waals surface area contributed by atoms with Crippen LogP contribution in [-0.2, 0) is 10.8 Å². The van der Waals surface area contributed by atoms with Gasteiger partial charge in [-0.1, -0.05) is 53.7 Å². The van der Waals surface area contributed by atoms with Crippen molar-refractivity contribution in [2.75, 3.05) is 0 Å². The van der Waals surface area contributed by atoms with Gasteiger partial charge >= 0.3 is 0 Å². The van der Waals surface area contributed by atoms with Crippen LogP contribution < -0.4 is 9.47 Å². The second-order valence-corrected chi connectivity index (χ2v) is 10.7. The Hall–Kier alpha value is -2.52. The molecule has 0 saturated heterocycles. The highest BCUT2D eigenvalue weighted by Gasteiger charge is 2.27. The molecule has 2 aromatic carbocycles. The van der Waals surface area contributed by atoms with Gasteiger partial charge in [0.05, 0.1) is 11.6 Å². The number of hydrogen-bond donors (Lipinski definition) is 0. The van der Waals surface area contributed by atoms with Crippen LogP contribution >= 0.6 is 0 Å². The quantitative estimate of drug-likeness (QED) is 0.441. The van der Waals surface area contributed by atoms with Crippen LogP contribution in [0.1, 0.15) is 72.9 Å². The largest absolute Gasteiger partial charge is 0.495 e. The van der Waals surface area contributed by atoms with Gasteiger partial charge < -0.3 is 9.47 Å². The van der Waals surface area contributed by atoms with Crippen molar-refractivity contribution in [3.8, 4) is 11.5 Å². The Labute approximate surface area is 188 Å². The predicted molar refractivity (Wildman–Crippen MR) is 129 cm³/mol. The highest BCUT2D eigenvalue weighted by Crippen LogP contribution is 2.38. The minimum atomic E-state index is -0.922. The zero-order valence-electron chi connectivity index (χ0n) is 20.0. The molecule has 0 aromatic heterocycles. The fraction of sp³-hybridized carbons (Fsp3) is 0.500. The van der Waals surface area contributed by atoms with Crippen molar-refractivity contribution in [2.45, 2.75) is 84.2 Å². The molecule has 0 saturated carbocycles. The second-order valence-electron chi connectivity index (χ2n) is 10.7. The summed E-state index contributed by atoms with van der Waals surface area (Å²) in [6, 6.07) is 14.9. The molecule has 0 aliphatic carbocycles. The molecule has 162 valence electrons. The lowest BCUT2D eigenvalue weighted by atomic mass is 9.78. The molecular weight excluding hydrogens is 383 g/mol. The van der Waals surface area contributed by atoms with E-state index in [-0.39, 0.29) is 16.9 Å². The Morgan fingerprint density at radius 3 is 1.90 bits per heavy atom. The van der Waals surface area contributed by atoms with E-state index in [1.807, 2.05) is 38.1 Å². The van der Waals surface area contributed by atoms with Crippen LogP contribution in [0.4, 0.5) is 11.4 Å². The van der Waals surface area contributed by atoms with Crippen LogP contribution in [0.2, 0.25) is 0 Å². The Morgan fingerprint density at radius 1 is 0.903 bits per heavy atom. The average molecular weight is 416 g/mol. The Balaban J connectivity index is 2.17. The molecule has 0 fully saturated rings. The van der Waals surface area contributed by atoms with Gasteiger partial charge in [-0.3, -0.25) is 0 Å². The zero-order chi connectivity index (χ0) is 23.0. The molecule has 3 rings (SSSR count). The number of aliphatic imine (C=N–C) groups is 2. The van der Waals surface area contributed by atoms with E-state index < -0.39 is 5.50 Å². The van der Waals surface area contributed by atoms with Gasteiger partial charge in [0.25, 0.3) is 0 Å². The molecule has 1 heterocycles. The van der Waals surface area contributed by atoms with Crippen LogP contribution in [0.3, 0.4) is 0 Å². The number of rotatable bonds is 0. The average Bonchev–Trinajstić information content (AvgIpc) is 2.60. The van der Waals surface area contributed by atoms with Gasteiger partial charge in [-0.15, -0.1) is 0 Å². The first-order valence-electron chi connectivity index (χ1n) is 10.8. The summed E-state index contributed by atoms with van der Waals surface area (Å²) in [5.41, 5.74) is 2.74. The smallest absolute Gasteiger partial charge is 0.146 e. The Morgan fingerprint density at radius 2 is 1.39 bits per heavy atom. The number of benzene rings is 2. The summed E-state index contributed by atoms with van der Waals surface area (Å²) in [5.74, 6) is 1.29. The third kappa shape index (κ3) is 5.80. The van der Waals surface area contributed by atoms with Crippen molar-refractivity contribution < 1.29 is 9.47 Å². The van der Waals surface area contributed by atoms with Crippen molar-refractivity contribution in [1.82, 2.24) is 0 Å². The Bertz CT molecular complexity index is 1020. The maximum absolute atomic E-state index is 6.50. The van der Waals surface area contributed by atoms with Gasteiger partial charge in [0, 0.05) is 6.42 Å². The molecule has 4 nitrogen and oxygen atoms in total. The first-order chi connectivity index (χ1) is 14.2. The first-order valence-corrected chi connectivity index (χ1v) is 10.8. The molecule has 0 bridgehead atoms. The summed E-state index contributed by atoms with van der Waals surface area (Å²) in [6.45, 7) is 16.9. The number of fused-ring (bicyclic) bond motifs is 2. The molecule has 0 N–H and O–H groups in total. The second kappa shape index (κ2) is 8.20. The van der Waals surface area contributed by atoms with Crippen molar-refractivity contribution >= 4 is 25.2 Å². The van der Waals surface area contributed by atoms with Gasteiger partial charge in [0.1, 0.15) is 36.7 Å². The number of nitrogens with zero attached hydrogens (tertiary/aromatic N) is 2. The fourth-order valence-electron chi connectivity index (χ4n) is 3.58. The monoisotopic (exact) mass is 416 g/mol. The summed E-state index contributed by atoms with van der Waals surface area (Å²) in [6.07, 6.45) is 0.333. The van der Waals surface area contributed by atoms with Crippen LogP contribution in [0, 0.1) is 0 Å². The summed E-state index contributed by atoms with van der Waals surface area (Å²) in [7, 11) is 6.50. The topological polar surface area (TPSA) is 43.2 Å². The van der Waals surface area contributed by atoms with Crippen LogP contribution in [-0.4, -0.2) is 25.5 Å². The van der Waals surface area contributed by atoms with E-state index in [9.17, 15) is 0 Å². The summed E-state index contributed by atoms with van der Waals surface area (Å²) >= 11 is 0. The van der Waals surface area contributed by atoms with Crippen molar-refractivity contribution in [3.63, 3.8) is 0 Å². The maximum atomic E-state index is 6.50. The molecule has 5 heteroatoms. The van der Waals surface area contributed by atoms with E-state index in [0.29, 0.717) is 29.3 Å². The molecule has 2 atom stereocenters. The molecule has 1 aliphatic rings. The minimum absolute atomic E-state index is 0.00508.